The van der Waals surface area contributed by atoms with Crippen LogP contribution in [-0.4, -0.2) is 21.7 Å². The quantitative estimate of drug-likeness (QED) is 0.494. The molecule has 1 aromatic carbocycles. The van der Waals surface area contributed by atoms with Crippen LogP contribution in [-0.2, 0) is 22.3 Å². The Labute approximate surface area is 160 Å². The van der Waals surface area contributed by atoms with Crippen LogP contribution in [0.5, 0.6) is 0 Å². The van der Waals surface area contributed by atoms with Crippen molar-refractivity contribution in [2.24, 2.45) is 0 Å². The monoisotopic (exact) mass is 410 g/mol. The number of ether oxygens (including phenoxy) is 1. The summed E-state index contributed by atoms with van der Waals surface area (Å²) in [6.07, 6.45) is -4.76. The summed E-state index contributed by atoms with van der Waals surface area (Å²) < 4.78 is 43.4. The van der Waals surface area contributed by atoms with Gasteiger partial charge in [-0.25, -0.2) is 4.98 Å². The van der Waals surface area contributed by atoms with Crippen molar-refractivity contribution in [3.63, 3.8) is 0 Å². The van der Waals surface area contributed by atoms with Gasteiger partial charge in [-0.3, -0.25) is 14.4 Å². The molecule has 0 bridgehead atoms. The fourth-order valence-corrected chi connectivity index (χ4v) is 3.12. The van der Waals surface area contributed by atoms with E-state index >= 15 is 0 Å². The summed E-state index contributed by atoms with van der Waals surface area (Å²) in [6, 6.07) is 5.97. The second kappa shape index (κ2) is 7.93. The van der Waals surface area contributed by atoms with Gasteiger partial charge < -0.3 is 9.72 Å². The maximum Gasteiger partial charge on any atom is 0.416 e. The standard InChI is InChI=1S/C18H13F3N2O4S/c19-18(20,21)10-3-4-11-12(8-10)22-15(23-17(11)26)9-27-16(25)6-5-13(24)14-2-1-7-28-14/h1-4,7-8H,5-6,9H2,(H,22,23,26). The maximum atomic E-state index is 12.8. The molecule has 0 aliphatic heterocycles. The minimum Gasteiger partial charge on any atom is -0.458 e. The Kier molecular flexibility index (Phi) is 5.59. The van der Waals surface area contributed by atoms with Crippen LogP contribution in [0, 0.1) is 0 Å². The van der Waals surface area contributed by atoms with Gasteiger partial charge in [0.05, 0.1) is 27.8 Å². The summed E-state index contributed by atoms with van der Waals surface area (Å²) in [5.41, 5.74) is -1.73. The number of aromatic nitrogens is 2. The normalized spacial score (nSPS) is 11.5. The van der Waals surface area contributed by atoms with Crippen LogP contribution in [0.15, 0.2) is 40.5 Å². The van der Waals surface area contributed by atoms with Gasteiger partial charge in [0, 0.05) is 6.42 Å². The summed E-state index contributed by atoms with van der Waals surface area (Å²) in [4.78, 5) is 42.4. The van der Waals surface area contributed by atoms with Crippen molar-refractivity contribution in [2.75, 3.05) is 0 Å². The molecule has 0 saturated carbocycles. The number of rotatable bonds is 6. The molecular formula is C18H13F3N2O4S. The van der Waals surface area contributed by atoms with Crippen LogP contribution in [0.3, 0.4) is 0 Å². The molecule has 0 saturated heterocycles. The average molecular weight is 410 g/mol. The zero-order valence-corrected chi connectivity index (χ0v) is 15.0. The number of nitrogens with zero attached hydrogens (tertiary/aromatic N) is 1. The van der Waals surface area contributed by atoms with Crippen molar-refractivity contribution < 1.29 is 27.5 Å². The average Bonchev–Trinajstić information content (AvgIpc) is 3.18. The summed E-state index contributed by atoms with van der Waals surface area (Å²) in [7, 11) is 0. The van der Waals surface area contributed by atoms with Crippen molar-refractivity contribution >= 4 is 34.0 Å². The van der Waals surface area contributed by atoms with E-state index in [9.17, 15) is 27.6 Å². The lowest BCUT2D eigenvalue weighted by Gasteiger charge is -2.08. The Morgan fingerprint density at radius 1 is 1.18 bits per heavy atom. The molecule has 2 heterocycles. The predicted octanol–water partition coefficient (Wildman–Crippen LogP) is 3.71. The first kappa shape index (κ1) is 19.7. The fraction of sp³-hybridized carbons (Fsp3) is 0.222. The first-order valence-electron chi connectivity index (χ1n) is 8.06. The lowest BCUT2D eigenvalue weighted by molar-refractivity contribution is -0.145. The van der Waals surface area contributed by atoms with Gasteiger partial charge in [-0.1, -0.05) is 6.07 Å². The number of benzene rings is 1. The van der Waals surface area contributed by atoms with Crippen LogP contribution in [0.4, 0.5) is 13.2 Å². The first-order chi connectivity index (χ1) is 13.2. The number of Topliss-reactive ketones (excluding diaryl/α,β-unsaturated/α-hetero) is 1. The van der Waals surface area contributed by atoms with Gasteiger partial charge in [-0.15, -0.1) is 11.3 Å². The van der Waals surface area contributed by atoms with Gasteiger partial charge in [-0.05, 0) is 29.6 Å². The van der Waals surface area contributed by atoms with Gasteiger partial charge in [0.15, 0.2) is 5.78 Å². The Bertz CT molecular complexity index is 1070. The molecule has 3 aromatic rings. The lowest BCUT2D eigenvalue weighted by atomic mass is 10.1. The van der Waals surface area contributed by atoms with E-state index in [1.165, 1.54) is 11.3 Å². The molecule has 2 aromatic heterocycles. The summed E-state index contributed by atoms with van der Waals surface area (Å²) >= 11 is 1.27. The highest BCUT2D eigenvalue weighted by atomic mass is 32.1. The number of carbonyl (C=O) groups excluding carboxylic acids is 2. The molecule has 1 N–H and O–H groups in total. The molecular weight excluding hydrogens is 397 g/mol. The maximum absolute atomic E-state index is 12.8. The highest BCUT2D eigenvalue weighted by Gasteiger charge is 2.30. The minimum atomic E-state index is -4.57. The van der Waals surface area contributed by atoms with Crippen molar-refractivity contribution in [3.05, 3.63) is 62.3 Å². The number of halogens is 3. The van der Waals surface area contributed by atoms with E-state index in [1.807, 2.05) is 0 Å². The predicted molar refractivity (Wildman–Crippen MR) is 95.0 cm³/mol. The zero-order valence-electron chi connectivity index (χ0n) is 14.2. The zero-order chi connectivity index (χ0) is 20.3. The van der Waals surface area contributed by atoms with Crippen LogP contribution in [0.25, 0.3) is 10.9 Å². The summed E-state index contributed by atoms with van der Waals surface area (Å²) in [5, 5.41) is 1.74. The van der Waals surface area contributed by atoms with Crippen LogP contribution < -0.4 is 5.56 Å². The smallest absolute Gasteiger partial charge is 0.416 e. The third-order valence-corrected chi connectivity index (χ3v) is 4.72. The van der Waals surface area contributed by atoms with Gasteiger partial charge in [0.2, 0.25) is 0 Å². The number of esters is 1. The van der Waals surface area contributed by atoms with E-state index in [4.69, 9.17) is 4.74 Å². The highest BCUT2D eigenvalue weighted by molar-refractivity contribution is 7.12. The molecule has 3 rings (SSSR count). The van der Waals surface area contributed by atoms with Crippen LogP contribution in [0.1, 0.15) is 33.9 Å². The number of nitrogens with one attached hydrogen (secondary N) is 1. The number of H-pyrrole nitrogens is 1. The van der Waals surface area contributed by atoms with E-state index in [-0.39, 0.29) is 35.4 Å². The molecule has 0 aliphatic carbocycles. The van der Waals surface area contributed by atoms with Gasteiger partial charge in [0.25, 0.3) is 5.56 Å². The number of carbonyl (C=O) groups is 2. The van der Waals surface area contributed by atoms with Crippen LogP contribution in [0.2, 0.25) is 0 Å². The lowest BCUT2D eigenvalue weighted by Crippen LogP contribution is -2.15. The molecule has 6 nitrogen and oxygen atoms in total. The van der Waals surface area contributed by atoms with E-state index in [1.54, 1.807) is 17.5 Å². The summed E-state index contributed by atoms with van der Waals surface area (Å²) in [6.45, 7) is -0.423. The molecule has 0 aliphatic rings. The van der Waals surface area contributed by atoms with Crippen molar-refractivity contribution in [3.8, 4) is 0 Å². The molecule has 10 heteroatoms. The Hall–Kier alpha value is -3.01. The van der Waals surface area contributed by atoms with Crippen LogP contribution >= 0.6 is 11.3 Å². The number of fused-ring (bicyclic) bond motifs is 1. The molecule has 0 amide bonds. The largest absolute Gasteiger partial charge is 0.458 e. The summed E-state index contributed by atoms with van der Waals surface area (Å²) in [5.74, 6) is -0.963. The molecule has 0 unspecified atom stereocenters. The van der Waals surface area contributed by atoms with E-state index in [2.05, 4.69) is 9.97 Å². The first-order valence-corrected chi connectivity index (χ1v) is 8.94. The Balaban J connectivity index is 1.66. The third kappa shape index (κ3) is 4.63. The second-order valence-corrected chi connectivity index (χ2v) is 6.75. The highest BCUT2D eigenvalue weighted by Crippen LogP contribution is 2.30. The molecule has 146 valence electrons. The third-order valence-electron chi connectivity index (χ3n) is 3.80. The number of alkyl halides is 3. The van der Waals surface area contributed by atoms with Gasteiger partial charge in [0.1, 0.15) is 12.4 Å². The molecule has 28 heavy (non-hydrogen) atoms. The SMILES string of the molecule is O=C(CCC(=O)c1cccs1)OCc1nc2cc(C(F)(F)F)ccc2c(=O)[nH]1. The molecule has 0 fully saturated rings. The minimum absolute atomic E-state index is 0.00961. The number of ketones is 1. The molecule has 0 atom stereocenters. The van der Waals surface area contributed by atoms with E-state index in [0.29, 0.717) is 4.88 Å². The Morgan fingerprint density at radius 3 is 2.64 bits per heavy atom. The number of aromatic amines is 1. The number of hydrogen-bond acceptors (Lipinski definition) is 6. The van der Waals surface area contributed by atoms with Crippen molar-refractivity contribution in [1.29, 1.82) is 0 Å². The number of thiophene rings is 1. The van der Waals surface area contributed by atoms with E-state index in [0.717, 1.165) is 18.2 Å². The second-order valence-electron chi connectivity index (χ2n) is 5.80. The molecule has 0 radical (unpaired) electrons. The van der Waals surface area contributed by atoms with Crippen molar-refractivity contribution in [1.82, 2.24) is 9.97 Å². The fourth-order valence-electron chi connectivity index (χ4n) is 2.43. The molecule has 0 spiro atoms. The van der Waals surface area contributed by atoms with Gasteiger partial charge in [-0.2, -0.15) is 13.2 Å². The Morgan fingerprint density at radius 2 is 1.96 bits per heavy atom. The topological polar surface area (TPSA) is 89.1 Å². The van der Waals surface area contributed by atoms with Gasteiger partial charge >= 0.3 is 12.1 Å². The van der Waals surface area contributed by atoms with E-state index < -0.39 is 29.9 Å². The number of hydrogen-bond donors (Lipinski definition) is 1. The van der Waals surface area contributed by atoms with Crippen molar-refractivity contribution in [2.45, 2.75) is 25.6 Å².